The molecule has 0 aliphatic carbocycles. The molecule has 0 bridgehead atoms. The van der Waals surface area contributed by atoms with E-state index < -0.39 is 0 Å². The van der Waals surface area contributed by atoms with E-state index in [0.29, 0.717) is 6.54 Å². The molecule has 0 saturated carbocycles. The number of aliphatic hydroxyl groups is 1. The Morgan fingerprint density at radius 3 is 3.05 bits per heavy atom. The zero-order chi connectivity index (χ0) is 13.7. The van der Waals surface area contributed by atoms with Gasteiger partial charge in [0, 0.05) is 29.4 Å². The normalized spacial score (nSPS) is 12.6. The van der Waals surface area contributed by atoms with Crippen LogP contribution in [0.2, 0.25) is 5.02 Å². The lowest BCUT2D eigenvalue weighted by Gasteiger charge is -2.13. The van der Waals surface area contributed by atoms with Crippen molar-refractivity contribution < 1.29 is 5.11 Å². The van der Waals surface area contributed by atoms with Gasteiger partial charge in [0.1, 0.15) is 0 Å². The molecule has 1 atom stereocenters. The van der Waals surface area contributed by atoms with E-state index in [1.807, 2.05) is 30.6 Å². The van der Waals surface area contributed by atoms with Gasteiger partial charge in [-0.05, 0) is 24.6 Å². The molecule has 2 rings (SSSR count). The Labute approximate surface area is 118 Å². The number of aromatic nitrogens is 2. The number of nitrogens with one attached hydrogen (secondary N) is 1. The highest BCUT2D eigenvalue weighted by atomic mass is 35.5. The molecule has 2 N–H and O–H groups in total. The number of nitrogens with zero attached hydrogens (tertiary/aromatic N) is 2. The highest BCUT2D eigenvalue weighted by molar-refractivity contribution is 6.30. The third kappa shape index (κ3) is 4.06. The lowest BCUT2D eigenvalue weighted by Crippen LogP contribution is -2.17. The van der Waals surface area contributed by atoms with Gasteiger partial charge in [-0.1, -0.05) is 23.7 Å². The topological polar surface area (TPSA) is 50.1 Å². The van der Waals surface area contributed by atoms with E-state index in [-0.39, 0.29) is 12.6 Å². The molecule has 0 amide bonds. The first kappa shape index (κ1) is 14.1. The molecule has 1 heterocycles. The molecular weight excluding hydrogens is 262 g/mol. The minimum atomic E-state index is 0.105. The summed E-state index contributed by atoms with van der Waals surface area (Å²) >= 11 is 5.98. The molecule has 0 saturated heterocycles. The molecule has 0 aliphatic rings. The van der Waals surface area contributed by atoms with Crippen LogP contribution in [-0.2, 0) is 13.1 Å². The molecule has 0 aliphatic heterocycles. The van der Waals surface area contributed by atoms with Crippen molar-refractivity contribution in [3.05, 3.63) is 52.8 Å². The van der Waals surface area contributed by atoms with Crippen LogP contribution >= 0.6 is 11.6 Å². The van der Waals surface area contributed by atoms with E-state index in [9.17, 15) is 0 Å². The fourth-order valence-electron chi connectivity index (χ4n) is 1.89. The molecule has 4 nitrogen and oxygen atoms in total. The smallest absolute Gasteiger partial charge is 0.0640 e. The first-order valence-corrected chi connectivity index (χ1v) is 6.68. The van der Waals surface area contributed by atoms with Crippen LogP contribution in [-0.4, -0.2) is 21.5 Å². The van der Waals surface area contributed by atoms with E-state index in [2.05, 4.69) is 23.4 Å². The predicted molar refractivity (Wildman–Crippen MR) is 76.0 cm³/mol. The molecule has 1 unspecified atom stereocenters. The monoisotopic (exact) mass is 279 g/mol. The molecular formula is C14H18ClN3O. The zero-order valence-corrected chi connectivity index (χ0v) is 11.6. The van der Waals surface area contributed by atoms with Gasteiger partial charge in [0.25, 0.3) is 0 Å². The molecule has 0 fully saturated rings. The van der Waals surface area contributed by atoms with Crippen molar-refractivity contribution in [3.63, 3.8) is 0 Å². The van der Waals surface area contributed by atoms with Gasteiger partial charge in [-0.3, -0.25) is 4.68 Å². The Morgan fingerprint density at radius 2 is 2.32 bits per heavy atom. The molecule has 0 radical (unpaired) electrons. The lowest BCUT2D eigenvalue weighted by molar-refractivity contribution is 0.269. The van der Waals surface area contributed by atoms with Gasteiger partial charge in [0.15, 0.2) is 0 Å². The van der Waals surface area contributed by atoms with Crippen LogP contribution in [0.15, 0.2) is 36.7 Å². The second-order valence-electron chi connectivity index (χ2n) is 4.49. The Bertz CT molecular complexity index is 527. The number of rotatable bonds is 6. The summed E-state index contributed by atoms with van der Waals surface area (Å²) in [5.74, 6) is 0. The SMILES string of the molecule is CC(NCc1cnn(CCO)c1)c1cccc(Cl)c1. The third-order valence-electron chi connectivity index (χ3n) is 2.98. The van der Waals surface area contributed by atoms with E-state index in [4.69, 9.17) is 16.7 Å². The van der Waals surface area contributed by atoms with Crippen LogP contribution in [0.3, 0.4) is 0 Å². The summed E-state index contributed by atoms with van der Waals surface area (Å²) in [6.07, 6.45) is 3.75. The van der Waals surface area contributed by atoms with Gasteiger partial charge in [0.2, 0.25) is 0 Å². The number of hydrogen-bond donors (Lipinski definition) is 2. The first-order valence-electron chi connectivity index (χ1n) is 6.30. The Morgan fingerprint density at radius 1 is 1.47 bits per heavy atom. The molecule has 0 spiro atoms. The average molecular weight is 280 g/mol. The van der Waals surface area contributed by atoms with Crippen LogP contribution < -0.4 is 5.32 Å². The molecule has 2 aromatic rings. The highest BCUT2D eigenvalue weighted by Crippen LogP contribution is 2.17. The van der Waals surface area contributed by atoms with Crippen molar-refractivity contribution in [1.82, 2.24) is 15.1 Å². The minimum absolute atomic E-state index is 0.105. The predicted octanol–water partition coefficient (Wildman–Crippen LogP) is 2.38. The molecule has 102 valence electrons. The summed E-state index contributed by atoms with van der Waals surface area (Å²) in [6, 6.07) is 8.07. The van der Waals surface area contributed by atoms with E-state index >= 15 is 0 Å². The summed E-state index contributed by atoms with van der Waals surface area (Å²) in [7, 11) is 0. The number of benzene rings is 1. The van der Waals surface area contributed by atoms with Crippen molar-refractivity contribution in [1.29, 1.82) is 0 Å². The van der Waals surface area contributed by atoms with Gasteiger partial charge in [-0.2, -0.15) is 5.10 Å². The number of aliphatic hydroxyl groups excluding tert-OH is 1. The second kappa shape index (κ2) is 6.70. The van der Waals surface area contributed by atoms with Crippen LogP contribution in [0.25, 0.3) is 0 Å². The first-order chi connectivity index (χ1) is 9.19. The van der Waals surface area contributed by atoms with Crippen LogP contribution in [0.1, 0.15) is 24.1 Å². The van der Waals surface area contributed by atoms with Gasteiger partial charge < -0.3 is 10.4 Å². The molecule has 19 heavy (non-hydrogen) atoms. The lowest BCUT2D eigenvalue weighted by atomic mass is 10.1. The quantitative estimate of drug-likeness (QED) is 0.854. The molecule has 1 aromatic heterocycles. The van der Waals surface area contributed by atoms with Crippen molar-refractivity contribution >= 4 is 11.6 Å². The fraction of sp³-hybridized carbons (Fsp3) is 0.357. The summed E-state index contributed by atoms with van der Waals surface area (Å²) < 4.78 is 1.74. The van der Waals surface area contributed by atoms with E-state index in [1.54, 1.807) is 4.68 Å². The Hall–Kier alpha value is -1.36. The van der Waals surface area contributed by atoms with Crippen LogP contribution in [0.5, 0.6) is 0 Å². The highest BCUT2D eigenvalue weighted by Gasteiger charge is 2.06. The fourth-order valence-corrected chi connectivity index (χ4v) is 2.09. The zero-order valence-electron chi connectivity index (χ0n) is 10.9. The van der Waals surface area contributed by atoms with Gasteiger partial charge >= 0.3 is 0 Å². The summed E-state index contributed by atoms with van der Waals surface area (Å²) in [5, 5.41) is 17.2. The van der Waals surface area contributed by atoms with Crippen molar-refractivity contribution in [2.45, 2.75) is 26.1 Å². The summed E-state index contributed by atoms with van der Waals surface area (Å²) in [6.45, 7) is 3.47. The standard InChI is InChI=1S/C14H18ClN3O/c1-11(13-3-2-4-14(15)7-13)16-8-12-9-17-18(10-12)5-6-19/h2-4,7,9-11,16,19H,5-6,8H2,1H3. The van der Waals surface area contributed by atoms with E-state index in [0.717, 1.165) is 22.7 Å². The molecule has 5 heteroatoms. The Kier molecular flexibility index (Phi) is 4.96. The second-order valence-corrected chi connectivity index (χ2v) is 4.93. The number of hydrogen-bond acceptors (Lipinski definition) is 3. The van der Waals surface area contributed by atoms with Crippen LogP contribution in [0, 0.1) is 0 Å². The maximum atomic E-state index is 8.83. The number of halogens is 1. The van der Waals surface area contributed by atoms with Crippen molar-refractivity contribution in [2.75, 3.05) is 6.61 Å². The Balaban J connectivity index is 1.90. The van der Waals surface area contributed by atoms with Gasteiger partial charge in [0.05, 0.1) is 19.3 Å². The third-order valence-corrected chi connectivity index (χ3v) is 3.21. The summed E-state index contributed by atoms with van der Waals surface area (Å²) in [4.78, 5) is 0. The maximum Gasteiger partial charge on any atom is 0.0640 e. The summed E-state index contributed by atoms with van der Waals surface area (Å²) in [5.41, 5.74) is 2.26. The van der Waals surface area contributed by atoms with Crippen molar-refractivity contribution in [2.24, 2.45) is 0 Å². The van der Waals surface area contributed by atoms with Gasteiger partial charge in [-0.15, -0.1) is 0 Å². The van der Waals surface area contributed by atoms with Crippen molar-refractivity contribution in [3.8, 4) is 0 Å². The average Bonchev–Trinajstić information content (AvgIpc) is 2.84. The van der Waals surface area contributed by atoms with Gasteiger partial charge in [-0.25, -0.2) is 0 Å². The maximum absolute atomic E-state index is 8.83. The molecule has 1 aromatic carbocycles. The van der Waals surface area contributed by atoms with E-state index in [1.165, 1.54) is 0 Å². The largest absolute Gasteiger partial charge is 0.394 e. The van der Waals surface area contributed by atoms with Crippen LogP contribution in [0.4, 0.5) is 0 Å². The minimum Gasteiger partial charge on any atom is -0.394 e.